The summed E-state index contributed by atoms with van der Waals surface area (Å²) in [4.78, 5) is 4.29. The van der Waals surface area contributed by atoms with Gasteiger partial charge in [-0.15, -0.1) is 0 Å². The first-order chi connectivity index (χ1) is 10.2. The van der Waals surface area contributed by atoms with E-state index in [2.05, 4.69) is 27.6 Å². The van der Waals surface area contributed by atoms with Gasteiger partial charge in [0.05, 0.1) is 0 Å². The quantitative estimate of drug-likeness (QED) is 0.915. The topological polar surface area (TPSA) is 60.2 Å². The van der Waals surface area contributed by atoms with Gasteiger partial charge < -0.3 is 14.6 Å². The second-order valence-corrected chi connectivity index (χ2v) is 5.71. The van der Waals surface area contributed by atoms with Gasteiger partial charge in [-0.3, -0.25) is 0 Å². The molecule has 2 heterocycles. The Morgan fingerprint density at radius 3 is 2.76 bits per heavy atom. The number of benzene rings is 1. The van der Waals surface area contributed by atoms with Gasteiger partial charge in [-0.2, -0.15) is 4.98 Å². The van der Waals surface area contributed by atoms with E-state index in [0.717, 1.165) is 12.3 Å². The monoisotopic (exact) mass is 287 g/mol. The van der Waals surface area contributed by atoms with E-state index in [0.29, 0.717) is 24.4 Å². The summed E-state index contributed by atoms with van der Waals surface area (Å²) in [6, 6.07) is 8.73. The summed E-state index contributed by atoms with van der Waals surface area (Å²) in [5, 5.41) is 7.40. The molecule has 1 fully saturated rings. The number of nitrogens with zero attached hydrogens (tertiary/aromatic N) is 2. The molecule has 1 saturated heterocycles. The summed E-state index contributed by atoms with van der Waals surface area (Å²) >= 11 is 0. The molecule has 3 rings (SSSR count). The van der Waals surface area contributed by atoms with Crippen LogP contribution in [0.25, 0.3) is 0 Å². The van der Waals surface area contributed by atoms with E-state index in [4.69, 9.17) is 9.26 Å². The molecule has 21 heavy (non-hydrogen) atoms. The molecule has 0 bridgehead atoms. The maximum absolute atomic E-state index is 5.70. The van der Waals surface area contributed by atoms with Gasteiger partial charge in [0.25, 0.3) is 0 Å². The van der Waals surface area contributed by atoms with Crippen LogP contribution in [-0.2, 0) is 6.61 Å². The van der Waals surface area contributed by atoms with Gasteiger partial charge in [0, 0.05) is 12.0 Å². The first-order valence-electron chi connectivity index (χ1n) is 7.51. The predicted molar refractivity (Wildman–Crippen MR) is 79.1 cm³/mol. The van der Waals surface area contributed by atoms with E-state index < -0.39 is 0 Å². The second-order valence-electron chi connectivity index (χ2n) is 5.71. The van der Waals surface area contributed by atoms with Crippen LogP contribution in [0.4, 0.5) is 0 Å². The fourth-order valence-electron chi connectivity index (χ4n) is 2.47. The Hall–Kier alpha value is -1.88. The zero-order chi connectivity index (χ0) is 14.7. The van der Waals surface area contributed by atoms with Crippen LogP contribution >= 0.6 is 0 Å². The lowest BCUT2D eigenvalue weighted by atomic mass is 10.1. The van der Waals surface area contributed by atoms with Crippen molar-refractivity contribution in [2.24, 2.45) is 0 Å². The summed E-state index contributed by atoms with van der Waals surface area (Å²) in [6.07, 6.45) is 2.46. The average Bonchev–Trinajstić information content (AvgIpc) is 3.17. The van der Waals surface area contributed by atoms with Gasteiger partial charge in [0.15, 0.2) is 6.61 Å². The van der Waals surface area contributed by atoms with Crippen LogP contribution in [0, 0.1) is 0 Å². The molecular weight excluding hydrogens is 266 g/mol. The Morgan fingerprint density at radius 2 is 2.14 bits per heavy atom. The Kier molecular flexibility index (Phi) is 4.20. The van der Waals surface area contributed by atoms with Gasteiger partial charge in [-0.25, -0.2) is 0 Å². The molecule has 0 spiro atoms. The minimum absolute atomic E-state index is 0.240. The van der Waals surface area contributed by atoms with E-state index in [1.807, 2.05) is 26.0 Å². The number of hydrogen-bond donors (Lipinski definition) is 1. The zero-order valence-electron chi connectivity index (χ0n) is 12.5. The van der Waals surface area contributed by atoms with Gasteiger partial charge in [-0.1, -0.05) is 31.1 Å². The molecule has 1 N–H and O–H groups in total. The summed E-state index contributed by atoms with van der Waals surface area (Å²) < 4.78 is 10.8. The minimum Gasteiger partial charge on any atom is -0.485 e. The van der Waals surface area contributed by atoms with Crippen LogP contribution < -0.4 is 10.1 Å². The Morgan fingerprint density at radius 1 is 1.33 bits per heavy atom. The van der Waals surface area contributed by atoms with Crippen LogP contribution in [0.3, 0.4) is 0 Å². The summed E-state index contributed by atoms with van der Waals surface area (Å²) in [7, 11) is 0. The summed E-state index contributed by atoms with van der Waals surface area (Å²) in [5.74, 6) is 2.30. The van der Waals surface area contributed by atoms with Crippen molar-refractivity contribution >= 4 is 0 Å². The Bertz CT molecular complexity index is 571. The van der Waals surface area contributed by atoms with Crippen molar-refractivity contribution in [3.05, 3.63) is 41.5 Å². The van der Waals surface area contributed by atoms with Crippen LogP contribution in [0.1, 0.15) is 55.9 Å². The van der Waals surface area contributed by atoms with E-state index in [9.17, 15) is 0 Å². The normalized spacial score (nSPS) is 18.3. The number of aromatic nitrogens is 2. The highest BCUT2D eigenvalue weighted by Gasteiger charge is 2.16. The molecule has 0 radical (unpaired) electrons. The molecule has 5 nitrogen and oxygen atoms in total. The summed E-state index contributed by atoms with van der Waals surface area (Å²) in [5.41, 5.74) is 1.32. The third kappa shape index (κ3) is 3.42. The molecule has 1 aliphatic heterocycles. The van der Waals surface area contributed by atoms with Gasteiger partial charge in [0.1, 0.15) is 5.75 Å². The molecule has 2 aromatic rings. The fraction of sp³-hybridized carbons (Fsp3) is 0.500. The molecule has 112 valence electrons. The highest BCUT2D eigenvalue weighted by atomic mass is 16.5. The number of rotatable bonds is 5. The molecule has 1 aliphatic rings. The fourth-order valence-corrected chi connectivity index (χ4v) is 2.47. The third-order valence-corrected chi connectivity index (χ3v) is 3.69. The molecule has 0 aliphatic carbocycles. The van der Waals surface area contributed by atoms with Crippen LogP contribution in [0.5, 0.6) is 5.75 Å². The average molecular weight is 287 g/mol. The molecule has 5 heteroatoms. The molecule has 0 saturated carbocycles. The molecule has 0 amide bonds. The Balaban J connectivity index is 1.57. The lowest BCUT2D eigenvalue weighted by Gasteiger charge is -2.11. The smallest absolute Gasteiger partial charge is 0.229 e. The van der Waals surface area contributed by atoms with Crippen molar-refractivity contribution in [3.63, 3.8) is 0 Å². The zero-order valence-corrected chi connectivity index (χ0v) is 12.5. The highest BCUT2D eigenvalue weighted by molar-refractivity contribution is 5.29. The van der Waals surface area contributed by atoms with E-state index in [1.54, 1.807) is 0 Å². The van der Waals surface area contributed by atoms with Crippen LogP contribution in [0.2, 0.25) is 0 Å². The number of nitrogens with one attached hydrogen (secondary N) is 1. The van der Waals surface area contributed by atoms with Crippen molar-refractivity contribution in [1.29, 1.82) is 0 Å². The van der Waals surface area contributed by atoms with Gasteiger partial charge in [0.2, 0.25) is 11.7 Å². The maximum Gasteiger partial charge on any atom is 0.229 e. The van der Waals surface area contributed by atoms with Gasteiger partial charge in [-0.05, 0) is 37.1 Å². The van der Waals surface area contributed by atoms with Crippen molar-refractivity contribution in [2.45, 2.75) is 45.3 Å². The molecule has 1 unspecified atom stereocenters. The van der Waals surface area contributed by atoms with Crippen LogP contribution in [-0.4, -0.2) is 16.7 Å². The number of hydrogen-bond acceptors (Lipinski definition) is 5. The lowest BCUT2D eigenvalue weighted by molar-refractivity contribution is 0.284. The highest BCUT2D eigenvalue weighted by Crippen LogP contribution is 2.25. The number of ether oxygens (including phenoxy) is 1. The van der Waals surface area contributed by atoms with Crippen molar-refractivity contribution < 1.29 is 9.26 Å². The third-order valence-electron chi connectivity index (χ3n) is 3.69. The molecular formula is C16H21N3O2. The standard InChI is InChI=1S/C16H21N3O2/c1-11(2)16-18-15(19-21-16)10-20-13-7-5-12(6-8-13)14-4-3-9-17-14/h5-8,11,14,17H,3-4,9-10H2,1-2H3. The van der Waals surface area contributed by atoms with Gasteiger partial charge >= 0.3 is 0 Å². The van der Waals surface area contributed by atoms with Crippen LogP contribution in [0.15, 0.2) is 28.8 Å². The maximum atomic E-state index is 5.70. The van der Waals surface area contributed by atoms with Crippen molar-refractivity contribution in [3.8, 4) is 5.75 Å². The molecule has 1 aromatic heterocycles. The second kappa shape index (κ2) is 6.26. The van der Waals surface area contributed by atoms with E-state index in [-0.39, 0.29) is 5.92 Å². The predicted octanol–water partition coefficient (Wildman–Crippen LogP) is 3.20. The van der Waals surface area contributed by atoms with Crippen molar-refractivity contribution in [2.75, 3.05) is 6.54 Å². The minimum atomic E-state index is 0.240. The van der Waals surface area contributed by atoms with E-state index in [1.165, 1.54) is 18.4 Å². The van der Waals surface area contributed by atoms with E-state index >= 15 is 0 Å². The largest absolute Gasteiger partial charge is 0.485 e. The SMILES string of the molecule is CC(C)c1nc(COc2ccc(C3CCCN3)cc2)no1. The first kappa shape index (κ1) is 14.1. The molecule has 1 aromatic carbocycles. The van der Waals surface area contributed by atoms with Crippen molar-refractivity contribution in [1.82, 2.24) is 15.5 Å². The Labute approximate surface area is 124 Å². The first-order valence-corrected chi connectivity index (χ1v) is 7.51. The lowest BCUT2D eigenvalue weighted by Crippen LogP contribution is -2.12. The summed E-state index contributed by atoms with van der Waals surface area (Å²) in [6.45, 7) is 5.48. The molecule has 1 atom stereocenters.